The van der Waals surface area contributed by atoms with Gasteiger partial charge in [-0.15, -0.1) is 0 Å². The van der Waals surface area contributed by atoms with Crippen molar-refractivity contribution in [3.63, 3.8) is 0 Å². The molecule has 2 aromatic rings. The molecular formula is C11H11FN2O. The van der Waals surface area contributed by atoms with Gasteiger partial charge in [-0.3, -0.25) is 4.79 Å². The third-order valence-electron chi connectivity index (χ3n) is 2.43. The van der Waals surface area contributed by atoms with Gasteiger partial charge in [0.2, 0.25) is 0 Å². The summed E-state index contributed by atoms with van der Waals surface area (Å²) in [5.41, 5.74) is 6.48. The average molecular weight is 206 g/mol. The summed E-state index contributed by atoms with van der Waals surface area (Å²) >= 11 is 0. The number of hydrogen-bond acceptors (Lipinski definition) is 1. The van der Waals surface area contributed by atoms with Crippen LogP contribution in [0.2, 0.25) is 0 Å². The number of nitrogens with zero attached hydrogens (tertiary/aromatic N) is 1. The van der Waals surface area contributed by atoms with Crippen molar-refractivity contribution < 1.29 is 9.18 Å². The van der Waals surface area contributed by atoms with Crippen molar-refractivity contribution in [2.75, 3.05) is 0 Å². The van der Waals surface area contributed by atoms with Gasteiger partial charge in [0.25, 0.3) is 5.91 Å². The van der Waals surface area contributed by atoms with E-state index >= 15 is 0 Å². The predicted octanol–water partition coefficient (Wildman–Crippen LogP) is 1.90. The van der Waals surface area contributed by atoms with Crippen LogP contribution in [0.25, 0.3) is 10.9 Å². The monoisotopic (exact) mass is 206 g/mol. The first kappa shape index (κ1) is 9.71. The SMILES string of the molecule is CCn1c(C(N)=O)cc2cc(F)ccc21. The highest BCUT2D eigenvalue weighted by molar-refractivity contribution is 5.97. The number of carbonyl (C=O) groups excluding carboxylic acids is 1. The van der Waals surface area contributed by atoms with E-state index in [0.717, 1.165) is 5.52 Å². The van der Waals surface area contributed by atoms with Gasteiger partial charge in [-0.1, -0.05) is 0 Å². The van der Waals surface area contributed by atoms with Crippen molar-refractivity contribution in [1.29, 1.82) is 0 Å². The lowest BCUT2D eigenvalue weighted by Gasteiger charge is -2.03. The van der Waals surface area contributed by atoms with Crippen molar-refractivity contribution in [2.24, 2.45) is 5.73 Å². The quantitative estimate of drug-likeness (QED) is 0.801. The van der Waals surface area contributed by atoms with E-state index in [4.69, 9.17) is 5.73 Å². The Kier molecular flexibility index (Phi) is 2.19. The average Bonchev–Trinajstić information content (AvgIpc) is 2.55. The van der Waals surface area contributed by atoms with Crippen molar-refractivity contribution >= 4 is 16.8 Å². The summed E-state index contributed by atoms with van der Waals surface area (Å²) in [6.45, 7) is 2.54. The van der Waals surface area contributed by atoms with E-state index in [2.05, 4.69) is 0 Å². The molecule has 0 bridgehead atoms. The number of fused-ring (bicyclic) bond motifs is 1. The molecule has 0 aliphatic carbocycles. The molecule has 0 saturated heterocycles. The third kappa shape index (κ3) is 1.48. The molecule has 0 radical (unpaired) electrons. The Balaban J connectivity index is 2.78. The number of benzene rings is 1. The van der Waals surface area contributed by atoms with Gasteiger partial charge >= 0.3 is 0 Å². The lowest BCUT2D eigenvalue weighted by molar-refractivity contribution is 0.0992. The fraction of sp³-hybridized carbons (Fsp3) is 0.182. The molecule has 0 fully saturated rings. The van der Waals surface area contributed by atoms with Crippen LogP contribution in [-0.2, 0) is 6.54 Å². The predicted molar refractivity (Wildman–Crippen MR) is 56.1 cm³/mol. The molecule has 2 N–H and O–H groups in total. The zero-order chi connectivity index (χ0) is 11.0. The summed E-state index contributed by atoms with van der Waals surface area (Å²) in [6, 6.07) is 6.04. The Hall–Kier alpha value is -1.84. The van der Waals surface area contributed by atoms with Crippen LogP contribution in [0.3, 0.4) is 0 Å². The van der Waals surface area contributed by atoms with Gasteiger partial charge in [0.15, 0.2) is 0 Å². The largest absolute Gasteiger partial charge is 0.364 e. The maximum Gasteiger partial charge on any atom is 0.265 e. The second-order valence-corrected chi connectivity index (χ2v) is 3.34. The standard InChI is InChI=1S/C11H11FN2O/c1-2-14-9-4-3-8(12)5-7(9)6-10(14)11(13)15/h3-6H,2H2,1H3,(H2,13,15). The lowest BCUT2D eigenvalue weighted by atomic mass is 10.2. The Morgan fingerprint density at radius 3 is 2.80 bits per heavy atom. The summed E-state index contributed by atoms with van der Waals surface area (Å²) in [4.78, 5) is 11.1. The highest BCUT2D eigenvalue weighted by atomic mass is 19.1. The molecule has 4 heteroatoms. The van der Waals surface area contributed by atoms with Gasteiger partial charge in [-0.25, -0.2) is 4.39 Å². The summed E-state index contributed by atoms with van der Waals surface area (Å²) in [5, 5.41) is 0.700. The minimum atomic E-state index is -0.492. The van der Waals surface area contributed by atoms with Crippen LogP contribution in [0.4, 0.5) is 4.39 Å². The van der Waals surface area contributed by atoms with Crippen LogP contribution in [0.1, 0.15) is 17.4 Å². The number of nitrogens with two attached hydrogens (primary N) is 1. The summed E-state index contributed by atoms with van der Waals surface area (Å²) in [5.74, 6) is -0.805. The van der Waals surface area contributed by atoms with Crippen molar-refractivity contribution in [1.82, 2.24) is 4.57 Å². The van der Waals surface area contributed by atoms with Crippen molar-refractivity contribution in [3.05, 3.63) is 35.8 Å². The molecule has 0 spiro atoms. The summed E-state index contributed by atoms with van der Waals surface area (Å²) < 4.78 is 14.7. The lowest BCUT2D eigenvalue weighted by Crippen LogP contribution is -2.16. The number of carbonyl (C=O) groups is 1. The smallest absolute Gasteiger partial charge is 0.265 e. The summed E-state index contributed by atoms with van der Waals surface area (Å²) in [7, 11) is 0. The van der Waals surface area contributed by atoms with Crippen LogP contribution in [0.15, 0.2) is 24.3 Å². The molecule has 2 rings (SSSR count). The van der Waals surface area contributed by atoms with E-state index in [0.29, 0.717) is 17.6 Å². The van der Waals surface area contributed by atoms with Crippen molar-refractivity contribution in [2.45, 2.75) is 13.5 Å². The Morgan fingerprint density at radius 2 is 2.20 bits per heavy atom. The van der Waals surface area contributed by atoms with E-state index in [1.807, 2.05) is 6.92 Å². The zero-order valence-electron chi connectivity index (χ0n) is 8.33. The second-order valence-electron chi connectivity index (χ2n) is 3.34. The van der Waals surface area contributed by atoms with Gasteiger partial charge in [-0.2, -0.15) is 0 Å². The number of hydrogen-bond donors (Lipinski definition) is 1. The molecule has 0 aliphatic rings. The molecule has 0 atom stereocenters. The van der Waals surface area contributed by atoms with E-state index in [-0.39, 0.29) is 5.82 Å². The first-order valence-corrected chi connectivity index (χ1v) is 4.72. The van der Waals surface area contributed by atoms with E-state index in [9.17, 15) is 9.18 Å². The van der Waals surface area contributed by atoms with E-state index in [1.165, 1.54) is 12.1 Å². The normalized spacial score (nSPS) is 10.8. The Morgan fingerprint density at radius 1 is 1.47 bits per heavy atom. The minimum absolute atomic E-state index is 0.313. The molecule has 0 unspecified atom stereocenters. The zero-order valence-corrected chi connectivity index (χ0v) is 8.33. The molecule has 1 heterocycles. The fourth-order valence-electron chi connectivity index (χ4n) is 1.79. The van der Waals surface area contributed by atoms with Crippen LogP contribution < -0.4 is 5.73 Å². The highest BCUT2D eigenvalue weighted by Crippen LogP contribution is 2.20. The minimum Gasteiger partial charge on any atom is -0.364 e. The van der Waals surface area contributed by atoms with Gasteiger partial charge in [0, 0.05) is 17.4 Å². The molecule has 1 aromatic carbocycles. The van der Waals surface area contributed by atoms with Crippen LogP contribution in [-0.4, -0.2) is 10.5 Å². The van der Waals surface area contributed by atoms with Gasteiger partial charge in [0.1, 0.15) is 11.5 Å². The van der Waals surface area contributed by atoms with E-state index in [1.54, 1.807) is 16.7 Å². The van der Waals surface area contributed by atoms with Gasteiger partial charge in [-0.05, 0) is 31.2 Å². The topological polar surface area (TPSA) is 48.0 Å². The number of primary amides is 1. The molecule has 78 valence electrons. The van der Waals surface area contributed by atoms with Crippen molar-refractivity contribution in [3.8, 4) is 0 Å². The first-order chi connectivity index (χ1) is 7.13. The van der Waals surface area contributed by atoms with Crippen LogP contribution in [0.5, 0.6) is 0 Å². The molecule has 3 nitrogen and oxygen atoms in total. The molecule has 0 aliphatic heterocycles. The number of rotatable bonds is 2. The Labute approximate surface area is 86.3 Å². The molecule has 0 saturated carbocycles. The highest BCUT2D eigenvalue weighted by Gasteiger charge is 2.11. The maximum atomic E-state index is 13.0. The van der Waals surface area contributed by atoms with E-state index < -0.39 is 5.91 Å². The second kappa shape index (κ2) is 3.38. The summed E-state index contributed by atoms with van der Waals surface area (Å²) in [6.07, 6.45) is 0. The number of halogens is 1. The maximum absolute atomic E-state index is 13.0. The first-order valence-electron chi connectivity index (χ1n) is 4.72. The fourth-order valence-corrected chi connectivity index (χ4v) is 1.79. The Bertz CT molecular complexity index is 531. The molecular weight excluding hydrogens is 195 g/mol. The molecule has 1 amide bonds. The van der Waals surface area contributed by atoms with Crippen LogP contribution in [0, 0.1) is 5.82 Å². The van der Waals surface area contributed by atoms with Crippen LogP contribution >= 0.6 is 0 Å². The number of amides is 1. The molecule has 15 heavy (non-hydrogen) atoms. The number of aryl methyl sites for hydroxylation is 1. The number of aromatic nitrogens is 1. The van der Waals surface area contributed by atoms with Gasteiger partial charge in [0.05, 0.1) is 0 Å². The third-order valence-corrected chi connectivity index (χ3v) is 2.43. The molecule has 1 aromatic heterocycles. The van der Waals surface area contributed by atoms with Gasteiger partial charge < -0.3 is 10.3 Å².